The van der Waals surface area contributed by atoms with E-state index in [2.05, 4.69) is 32.6 Å². The van der Waals surface area contributed by atoms with Crippen LogP contribution in [0, 0.1) is 0 Å². The predicted molar refractivity (Wildman–Crippen MR) is 97.5 cm³/mol. The minimum Gasteiger partial charge on any atom is -0.377 e. The Morgan fingerprint density at radius 3 is 2.14 bits per heavy atom. The standard InChI is InChI=1S/C20H41NO/c1-5-8-10-11-13-16-20(4,15-12-9-6-2)21-17-14-19(18-21)22-7-3/h19H,5-18H2,1-4H3. The molecule has 1 aliphatic rings. The molecule has 2 unspecified atom stereocenters. The first-order valence-corrected chi connectivity index (χ1v) is 10.0. The van der Waals surface area contributed by atoms with Gasteiger partial charge in [-0.1, -0.05) is 65.2 Å². The first-order chi connectivity index (χ1) is 10.7. The first-order valence-electron chi connectivity index (χ1n) is 10.0. The van der Waals surface area contributed by atoms with Gasteiger partial charge in [-0.25, -0.2) is 0 Å². The van der Waals surface area contributed by atoms with Crippen LogP contribution in [-0.4, -0.2) is 36.2 Å². The number of unbranched alkanes of at least 4 members (excludes halogenated alkanes) is 6. The summed E-state index contributed by atoms with van der Waals surface area (Å²) in [6, 6.07) is 0. The fourth-order valence-corrected chi connectivity index (χ4v) is 3.90. The summed E-state index contributed by atoms with van der Waals surface area (Å²) in [5.41, 5.74) is 0.410. The Morgan fingerprint density at radius 1 is 0.909 bits per heavy atom. The normalized spacial score (nSPS) is 22.1. The second-order valence-corrected chi connectivity index (χ2v) is 7.43. The Hall–Kier alpha value is -0.0800. The van der Waals surface area contributed by atoms with Gasteiger partial charge in [0.1, 0.15) is 0 Å². The Bertz CT molecular complexity index is 268. The molecule has 1 aliphatic heterocycles. The van der Waals surface area contributed by atoms with Gasteiger partial charge in [-0.15, -0.1) is 0 Å². The van der Waals surface area contributed by atoms with Crippen molar-refractivity contribution in [2.24, 2.45) is 0 Å². The summed E-state index contributed by atoms with van der Waals surface area (Å²) in [6.45, 7) is 12.5. The molecule has 132 valence electrons. The number of nitrogens with zero attached hydrogens (tertiary/aromatic N) is 1. The Labute approximate surface area is 140 Å². The molecule has 0 aromatic carbocycles. The van der Waals surface area contributed by atoms with E-state index in [1.54, 1.807) is 0 Å². The van der Waals surface area contributed by atoms with Gasteiger partial charge in [0.15, 0.2) is 0 Å². The van der Waals surface area contributed by atoms with Crippen LogP contribution in [0.15, 0.2) is 0 Å². The maximum absolute atomic E-state index is 5.87. The van der Waals surface area contributed by atoms with E-state index in [9.17, 15) is 0 Å². The van der Waals surface area contributed by atoms with Crippen molar-refractivity contribution in [2.45, 2.75) is 110 Å². The van der Waals surface area contributed by atoms with Crippen molar-refractivity contribution in [1.29, 1.82) is 0 Å². The maximum Gasteiger partial charge on any atom is 0.0714 e. The summed E-state index contributed by atoms with van der Waals surface area (Å²) in [4.78, 5) is 2.75. The molecule has 0 saturated carbocycles. The topological polar surface area (TPSA) is 12.5 Å². The average Bonchev–Trinajstić information content (AvgIpc) is 2.97. The third kappa shape index (κ3) is 7.00. The largest absolute Gasteiger partial charge is 0.377 e. The molecule has 1 fully saturated rings. The predicted octanol–water partition coefficient (Wildman–Crippen LogP) is 5.80. The zero-order valence-corrected chi connectivity index (χ0v) is 15.8. The molecule has 2 heteroatoms. The molecule has 1 saturated heterocycles. The molecule has 0 N–H and O–H groups in total. The summed E-state index contributed by atoms with van der Waals surface area (Å²) in [5, 5.41) is 0. The number of hydrogen-bond donors (Lipinski definition) is 0. The SMILES string of the molecule is CCCCCCCC(C)(CCCCC)N1CCC(OCC)C1. The van der Waals surface area contributed by atoms with Gasteiger partial charge in [0.05, 0.1) is 6.10 Å². The fraction of sp³-hybridized carbons (Fsp3) is 1.00. The van der Waals surface area contributed by atoms with Gasteiger partial charge >= 0.3 is 0 Å². The zero-order chi connectivity index (χ0) is 16.3. The third-order valence-corrected chi connectivity index (χ3v) is 5.45. The van der Waals surface area contributed by atoms with Crippen LogP contribution >= 0.6 is 0 Å². The number of likely N-dealkylation sites (tertiary alicyclic amines) is 1. The number of rotatable bonds is 13. The molecule has 0 spiro atoms. The molecule has 0 amide bonds. The van der Waals surface area contributed by atoms with E-state index < -0.39 is 0 Å². The first kappa shape index (κ1) is 20.0. The zero-order valence-electron chi connectivity index (χ0n) is 15.8. The van der Waals surface area contributed by atoms with E-state index in [0.29, 0.717) is 11.6 Å². The molecule has 0 radical (unpaired) electrons. The minimum absolute atomic E-state index is 0.410. The quantitative estimate of drug-likeness (QED) is 0.399. The van der Waals surface area contributed by atoms with Crippen LogP contribution in [0.5, 0.6) is 0 Å². The second kappa shape index (κ2) is 11.5. The van der Waals surface area contributed by atoms with E-state index in [1.165, 1.54) is 77.2 Å². The van der Waals surface area contributed by atoms with Gasteiger partial charge < -0.3 is 4.74 Å². The van der Waals surface area contributed by atoms with E-state index in [4.69, 9.17) is 4.74 Å². The number of hydrogen-bond acceptors (Lipinski definition) is 2. The van der Waals surface area contributed by atoms with Crippen molar-refractivity contribution in [3.05, 3.63) is 0 Å². The highest BCUT2D eigenvalue weighted by Gasteiger charge is 2.36. The van der Waals surface area contributed by atoms with Gasteiger partial charge in [0.2, 0.25) is 0 Å². The van der Waals surface area contributed by atoms with Crippen molar-refractivity contribution >= 4 is 0 Å². The summed E-state index contributed by atoms with van der Waals surface area (Å²) in [5.74, 6) is 0. The molecule has 1 rings (SSSR count). The lowest BCUT2D eigenvalue weighted by molar-refractivity contribution is 0.0448. The van der Waals surface area contributed by atoms with E-state index >= 15 is 0 Å². The molecule has 0 aromatic rings. The summed E-state index contributed by atoms with van der Waals surface area (Å²) in [6.07, 6.45) is 15.5. The van der Waals surface area contributed by atoms with Crippen molar-refractivity contribution in [1.82, 2.24) is 4.90 Å². The average molecular weight is 312 g/mol. The molecule has 2 nitrogen and oxygen atoms in total. The van der Waals surface area contributed by atoms with Gasteiger partial charge in [0.25, 0.3) is 0 Å². The van der Waals surface area contributed by atoms with Crippen LogP contribution in [0.1, 0.15) is 98.3 Å². The van der Waals surface area contributed by atoms with E-state index in [1.807, 2.05) is 0 Å². The molecular formula is C20H41NO. The monoisotopic (exact) mass is 311 g/mol. The lowest BCUT2D eigenvalue weighted by atomic mass is 9.86. The van der Waals surface area contributed by atoms with Gasteiger partial charge in [-0.05, 0) is 33.1 Å². The highest BCUT2D eigenvalue weighted by Crippen LogP contribution is 2.32. The molecular weight excluding hydrogens is 270 g/mol. The van der Waals surface area contributed by atoms with Crippen LogP contribution in [-0.2, 0) is 4.74 Å². The lowest BCUT2D eigenvalue weighted by Crippen LogP contribution is -2.45. The van der Waals surface area contributed by atoms with Crippen LogP contribution in [0.4, 0.5) is 0 Å². The molecule has 1 heterocycles. The molecule has 0 bridgehead atoms. The van der Waals surface area contributed by atoms with Gasteiger partial charge in [-0.3, -0.25) is 4.90 Å². The van der Waals surface area contributed by atoms with Crippen LogP contribution in [0.3, 0.4) is 0 Å². The Balaban J connectivity index is 2.46. The minimum atomic E-state index is 0.410. The molecule has 2 atom stereocenters. The third-order valence-electron chi connectivity index (χ3n) is 5.45. The summed E-state index contributed by atoms with van der Waals surface area (Å²) < 4.78 is 5.87. The van der Waals surface area contributed by atoms with E-state index in [0.717, 1.165) is 13.2 Å². The Morgan fingerprint density at radius 2 is 1.50 bits per heavy atom. The molecule has 0 aromatic heterocycles. The fourth-order valence-electron chi connectivity index (χ4n) is 3.90. The lowest BCUT2D eigenvalue weighted by Gasteiger charge is -2.39. The molecule has 22 heavy (non-hydrogen) atoms. The molecule has 0 aliphatic carbocycles. The summed E-state index contributed by atoms with van der Waals surface area (Å²) >= 11 is 0. The van der Waals surface area contributed by atoms with Crippen LogP contribution < -0.4 is 0 Å². The maximum atomic E-state index is 5.87. The van der Waals surface area contributed by atoms with E-state index in [-0.39, 0.29) is 0 Å². The highest BCUT2D eigenvalue weighted by atomic mass is 16.5. The van der Waals surface area contributed by atoms with Gasteiger partial charge in [-0.2, -0.15) is 0 Å². The van der Waals surface area contributed by atoms with Crippen LogP contribution in [0.25, 0.3) is 0 Å². The highest BCUT2D eigenvalue weighted by molar-refractivity contribution is 4.91. The van der Waals surface area contributed by atoms with Gasteiger partial charge in [0, 0.05) is 25.2 Å². The van der Waals surface area contributed by atoms with Crippen molar-refractivity contribution < 1.29 is 4.74 Å². The number of ether oxygens (including phenoxy) is 1. The summed E-state index contributed by atoms with van der Waals surface area (Å²) in [7, 11) is 0. The smallest absolute Gasteiger partial charge is 0.0714 e. The van der Waals surface area contributed by atoms with Crippen LogP contribution in [0.2, 0.25) is 0 Å². The Kier molecular flexibility index (Phi) is 10.4. The van der Waals surface area contributed by atoms with Crippen molar-refractivity contribution in [3.8, 4) is 0 Å². The second-order valence-electron chi connectivity index (χ2n) is 7.43. The van der Waals surface area contributed by atoms with Crippen molar-refractivity contribution in [3.63, 3.8) is 0 Å². The van der Waals surface area contributed by atoms with Crippen molar-refractivity contribution in [2.75, 3.05) is 19.7 Å².